The molecule has 0 aromatic heterocycles. The highest BCUT2D eigenvalue weighted by Crippen LogP contribution is 2.22. The topological polar surface area (TPSA) is 73.0 Å². The van der Waals surface area contributed by atoms with Crippen LogP contribution in [0.25, 0.3) is 0 Å². The predicted molar refractivity (Wildman–Crippen MR) is 128 cm³/mol. The number of amides is 4. The van der Waals surface area contributed by atoms with E-state index in [0.717, 1.165) is 24.1 Å². The first-order chi connectivity index (χ1) is 15.9. The van der Waals surface area contributed by atoms with Gasteiger partial charge < -0.3 is 20.0 Å². The number of carbonyl (C=O) groups is 3. The summed E-state index contributed by atoms with van der Waals surface area (Å²) in [5.41, 5.74) is 2.39. The number of likely N-dealkylation sites (tertiary alicyclic amines) is 1. The molecule has 0 aliphatic carbocycles. The van der Waals surface area contributed by atoms with E-state index >= 15 is 0 Å². The van der Waals surface area contributed by atoms with E-state index in [0.29, 0.717) is 49.9 Å². The number of rotatable bonds is 3. The lowest BCUT2D eigenvalue weighted by Gasteiger charge is -2.39. The molecule has 4 rings (SSSR count). The van der Waals surface area contributed by atoms with Crippen LogP contribution in [0.15, 0.2) is 48.5 Å². The Balaban J connectivity index is 1.30. The highest BCUT2D eigenvalue weighted by molar-refractivity contribution is 6.30. The molecular weight excluding hydrogens is 440 g/mol. The largest absolute Gasteiger partial charge is 0.339 e. The summed E-state index contributed by atoms with van der Waals surface area (Å²) in [5.74, 6) is -0.212. The smallest absolute Gasteiger partial charge is 0.321 e. The Labute approximate surface area is 199 Å². The van der Waals surface area contributed by atoms with Gasteiger partial charge in [-0.3, -0.25) is 9.59 Å². The predicted octanol–water partition coefficient (Wildman–Crippen LogP) is 3.88. The molecule has 1 N–H and O–H groups in total. The molecule has 2 heterocycles. The number of aryl methyl sites for hydroxylation is 1. The van der Waals surface area contributed by atoms with Crippen molar-refractivity contribution < 1.29 is 14.4 Å². The summed E-state index contributed by atoms with van der Waals surface area (Å²) in [6.07, 6.45) is 1.57. The van der Waals surface area contributed by atoms with Crippen molar-refractivity contribution in [3.8, 4) is 0 Å². The van der Waals surface area contributed by atoms with Crippen molar-refractivity contribution in [3.63, 3.8) is 0 Å². The molecule has 4 amide bonds. The van der Waals surface area contributed by atoms with Gasteiger partial charge in [0.15, 0.2) is 0 Å². The third-order valence-corrected chi connectivity index (χ3v) is 6.51. The number of benzene rings is 2. The second kappa shape index (κ2) is 10.3. The van der Waals surface area contributed by atoms with Crippen LogP contribution in [0.3, 0.4) is 0 Å². The summed E-state index contributed by atoms with van der Waals surface area (Å²) in [6, 6.07) is 14.4. The molecule has 0 spiro atoms. The lowest BCUT2D eigenvalue weighted by molar-refractivity contribution is -0.138. The number of piperidine rings is 1. The molecule has 0 radical (unpaired) electrons. The van der Waals surface area contributed by atoms with Gasteiger partial charge in [0.25, 0.3) is 5.91 Å². The summed E-state index contributed by atoms with van der Waals surface area (Å²) in [5, 5.41) is 3.47. The van der Waals surface area contributed by atoms with E-state index in [2.05, 4.69) is 5.32 Å². The molecule has 2 aliphatic rings. The minimum Gasteiger partial charge on any atom is -0.339 e. The standard InChI is InChI=1S/C25H29ClN4O3/c1-18-5-2-9-22(15-18)27-25(33)30-10-4-7-20(17-30)24(32)29-13-11-28(12-14-29)23(31)19-6-3-8-21(26)16-19/h2-3,5-6,8-9,15-16,20H,4,7,10-14,17H2,1H3,(H,27,33). The number of hydrogen-bond acceptors (Lipinski definition) is 3. The first-order valence-electron chi connectivity index (χ1n) is 11.4. The Kier molecular flexibility index (Phi) is 7.18. The highest BCUT2D eigenvalue weighted by Gasteiger charge is 2.33. The van der Waals surface area contributed by atoms with Gasteiger partial charge in [-0.2, -0.15) is 0 Å². The minimum atomic E-state index is -0.211. The van der Waals surface area contributed by atoms with Crippen molar-refractivity contribution in [2.45, 2.75) is 19.8 Å². The van der Waals surface area contributed by atoms with Crippen LogP contribution in [0.2, 0.25) is 5.02 Å². The van der Waals surface area contributed by atoms with Gasteiger partial charge in [-0.05, 0) is 55.7 Å². The molecule has 174 valence electrons. The zero-order valence-electron chi connectivity index (χ0n) is 18.8. The first kappa shape index (κ1) is 23.1. The molecule has 2 aromatic rings. The molecule has 2 aromatic carbocycles. The molecule has 1 unspecified atom stereocenters. The molecular formula is C25H29ClN4O3. The lowest BCUT2D eigenvalue weighted by atomic mass is 9.96. The zero-order valence-corrected chi connectivity index (χ0v) is 19.6. The molecule has 8 heteroatoms. The van der Waals surface area contributed by atoms with Crippen LogP contribution in [0.5, 0.6) is 0 Å². The third kappa shape index (κ3) is 5.66. The molecule has 0 saturated carbocycles. The molecule has 0 bridgehead atoms. The maximum Gasteiger partial charge on any atom is 0.321 e. The number of carbonyl (C=O) groups excluding carboxylic acids is 3. The maximum absolute atomic E-state index is 13.2. The van der Waals surface area contributed by atoms with Gasteiger partial charge in [0.1, 0.15) is 0 Å². The Hall–Kier alpha value is -3.06. The Morgan fingerprint density at radius 3 is 2.36 bits per heavy atom. The molecule has 1 atom stereocenters. The van der Waals surface area contributed by atoms with Crippen molar-refractivity contribution in [2.75, 3.05) is 44.6 Å². The van der Waals surface area contributed by atoms with Gasteiger partial charge in [0.2, 0.25) is 5.91 Å². The minimum absolute atomic E-state index is 0.0675. The van der Waals surface area contributed by atoms with Gasteiger partial charge in [0.05, 0.1) is 5.92 Å². The lowest BCUT2D eigenvalue weighted by Crippen LogP contribution is -2.54. The second-order valence-electron chi connectivity index (χ2n) is 8.71. The van der Waals surface area contributed by atoms with E-state index in [9.17, 15) is 14.4 Å². The first-order valence-corrected chi connectivity index (χ1v) is 11.7. The number of hydrogen-bond donors (Lipinski definition) is 1. The normalized spacial score (nSPS) is 18.7. The van der Waals surface area contributed by atoms with Crippen molar-refractivity contribution in [2.24, 2.45) is 5.92 Å². The van der Waals surface area contributed by atoms with Crippen LogP contribution in [0.1, 0.15) is 28.8 Å². The second-order valence-corrected chi connectivity index (χ2v) is 9.15. The molecule has 33 heavy (non-hydrogen) atoms. The van der Waals surface area contributed by atoms with Crippen LogP contribution in [-0.2, 0) is 4.79 Å². The fourth-order valence-electron chi connectivity index (χ4n) is 4.48. The molecule has 7 nitrogen and oxygen atoms in total. The quantitative estimate of drug-likeness (QED) is 0.743. The Bertz CT molecular complexity index is 1040. The Morgan fingerprint density at radius 2 is 1.64 bits per heavy atom. The summed E-state index contributed by atoms with van der Waals surface area (Å²) in [4.78, 5) is 43.9. The van der Waals surface area contributed by atoms with E-state index in [1.165, 1.54) is 0 Å². The van der Waals surface area contributed by atoms with Crippen LogP contribution >= 0.6 is 11.6 Å². The zero-order chi connectivity index (χ0) is 23.4. The van der Waals surface area contributed by atoms with Crippen molar-refractivity contribution >= 4 is 35.1 Å². The van der Waals surface area contributed by atoms with Crippen LogP contribution in [0, 0.1) is 12.8 Å². The van der Waals surface area contributed by atoms with Gasteiger partial charge in [-0.15, -0.1) is 0 Å². The number of nitrogens with zero attached hydrogens (tertiary/aromatic N) is 3. The highest BCUT2D eigenvalue weighted by atomic mass is 35.5. The van der Waals surface area contributed by atoms with Crippen molar-refractivity contribution in [1.82, 2.24) is 14.7 Å². The molecule has 2 aliphatic heterocycles. The number of piperazine rings is 1. The monoisotopic (exact) mass is 468 g/mol. The average molecular weight is 469 g/mol. The maximum atomic E-state index is 13.2. The van der Waals surface area contributed by atoms with Crippen LogP contribution in [-0.4, -0.2) is 71.8 Å². The summed E-state index contributed by atoms with van der Waals surface area (Å²) < 4.78 is 0. The molecule has 2 fully saturated rings. The number of anilines is 1. The molecule has 2 saturated heterocycles. The fourth-order valence-corrected chi connectivity index (χ4v) is 4.67. The summed E-state index contributed by atoms with van der Waals surface area (Å²) >= 11 is 6.01. The number of urea groups is 1. The van der Waals surface area contributed by atoms with E-state index in [-0.39, 0.29) is 23.8 Å². The summed E-state index contributed by atoms with van der Waals surface area (Å²) in [6.45, 7) is 5.01. The van der Waals surface area contributed by atoms with Gasteiger partial charge in [-0.25, -0.2) is 4.79 Å². The number of halogens is 1. The van der Waals surface area contributed by atoms with Gasteiger partial charge >= 0.3 is 6.03 Å². The van der Waals surface area contributed by atoms with E-state index in [1.54, 1.807) is 34.1 Å². The van der Waals surface area contributed by atoms with Crippen LogP contribution in [0.4, 0.5) is 10.5 Å². The average Bonchev–Trinajstić information content (AvgIpc) is 2.83. The Morgan fingerprint density at radius 1 is 0.909 bits per heavy atom. The van der Waals surface area contributed by atoms with Gasteiger partial charge in [-0.1, -0.05) is 29.8 Å². The van der Waals surface area contributed by atoms with Crippen molar-refractivity contribution in [3.05, 3.63) is 64.7 Å². The fraction of sp³-hybridized carbons (Fsp3) is 0.400. The van der Waals surface area contributed by atoms with Crippen molar-refractivity contribution in [1.29, 1.82) is 0 Å². The number of nitrogens with one attached hydrogen (secondary N) is 1. The third-order valence-electron chi connectivity index (χ3n) is 6.28. The van der Waals surface area contributed by atoms with E-state index < -0.39 is 0 Å². The van der Waals surface area contributed by atoms with Crippen LogP contribution < -0.4 is 5.32 Å². The van der Waals surface area contributed by atoms with E-state index in [4.69, 9.17) is 11.6 Å². The van der Waals surface area contributed by atoms with Gasteiger partial charge in [0, 0.05) is 55.5 Å². The SMILES string of the molecule is Cc1cccc(NC(=O)N2CCCC(C(=O)N3CCN(C(=O)c4cccc(Cl)c4)CC3)C2)c1. The van der Waals surface area contributed by atoms with E-state index in [1.807, 2.05) is 36.1 Å². The summed E-state index contributed by atoms with van der Waals surface area (Å²) in [7, 11) is 0.